The van der Waals surface area contributed by atoms with Crippen LogP contribution >= 0.6 is 23.1 Å². The molecule has 1 fully saturated rings. The summed E-state index contributed by atoms with van der Waals surface area (Å²) in [6.07, 6.45) is 6.67. The predicted octanol–water partition coefficient (Wildman–Crippen LogP) is 3.52. The first-order valence-corrected chi connectivity index (χ1v) is 11.7. The number of amides is 1. The maximum atomic E-state index is 12.8. The zero-order chi connectivity index (χ0) is 19.1. The normalized spacial score (nSPS) is 24.9. The van der Waals surface area contributed by atoms with Crippen molar-refractivity contribution in [1.29, 1.82) is 0 Å². The molecular weight excluding hydrogens is 378 g/mol. The lowest BCUT2D eigenvalue weighted by molar-refractivity contribution is -0.120. The summed E-state index contributed by atoms with van der Waals surface area (Å²) < 4.78 is 1.61. The van der Waals surface area contributed by atoms with Crippen LogP contribution < -0.4 is 10.9 Å². The molecule has 0 bridgehead atoms. The zero-order valence-corrected chi connectivity index (χ0v) is 17.8. The summed E-state index contributed by atoms with van der Waals surface area (Å²) in [6, 6.07) is 0.265. The van der Waals surface area contributed by atoms with Crippen LogP contribution in [0.2, 0.25) is 0 Å². The van der Waals surface area contributed by atoms with E-state index in [4.69, 9.17) is 4.98 Å². The summed E-state index contributed by atoms with van der Waals surface area (Å²) in [4.78, 5) is 32.1. The molecule has 0 spiro atoms. The summed E-state index contributed by atoms with van der Waals surface area (Å²) in [5.41, 5.74) is 1.23. The molecule has 3 atom stereocenters. The van der Waals surface area contributed by atoms with Crippen molar-refractivity contribution in [2.24, 2.45) is 18.9 Å². The Balaban J connectivity index is 1.47. The summed E-state index contributed by atoms with van der Waals surface area (Å²) in [7, 11) is 1.76. The Morgan fingerprint density at radius 3 is 2.93 bits per heavy atom. The molecule has 0 aliphatic heterocycles. The third-order valence-corrected chi connectivity index (χ3v) is 8.51. The van der Waals surface area contributed by atoms with E-state index in [-0.39, 0.29) is 17.5 Å². The molecule has 146 valence electrons. The number of thioether (sulfide) groups is 1. The van der Waals surface area contributed by atoms with Gasteiger partial charge in [-0.25, -0.2) is 4.98 Å². The fourth-order valence-corrected chi connectivity index (χ4v) is 6.48. The molecule has 2 aromatic heterocycles. The van der Waals surface area contributed by atoms with Crippen LogP contribution in [0.1, 0.15) is 50.0 Å². The van der Waals surface area contributed by atoms with Gasteiger partial charge in [0.25, 0.3) is 5.56 Å². The molecule has 2 aromatic rings. The van der Waals surface area contributed by atoms with Crippen molar-refractivity contribution in [3.05, 3.63) is 20.8 Å². The van der Waals surface area contributed by atoms with E-state index in [2.05, 4.69) is 19.2 Å². The first-order chi connectivity index (χ1) is 13.0. The minimum absolute atomic E-state index is 0.0250. The maximum Gasteiger partial charge on any atom is 0.262 e. The fourth-order valence-electron chi connectivity index (χ4n) is 4.40. The SMILES string of the molecule is C[C@@H]1[C@@H](C)CCC[C@H]1NC(=O)CSc1nc2sc3c(c2c(=O)n1C)CCC3. The van der Waals surface area contributed by atoms with Crippen molar-refractivity contribution in [2.45, 2.75) is 63.6 Å². The average molecular weight is 406 g/mol. The second-order valence-electron chi connectivity index (χ2n) is 8.03. The summed E-state index contributed by atoms with van der Waals surface area (Å²) in [5.74, 6) is 1.51. The van der Waals surface area contributed by atoms with E-state index in [9.17, 15) is 9.59 Å². The minimum Gasteiger partial charge on any atom is -0.352 e. The van der Waals surface area contributed by atoms with Crippen molar-refractivity contribution in [3.8, 4) is 0 Å². The molecule has 2 aliphatic carbocycles. The lowest BCUT2D eigenvalue weighted by Crippen LogP contribution is -2.44. The Hall–Kier alpha value is -1.34. The van der Waals surface area contributed by atoms with Crippen LogP contribution in [0.3, 0.4) is 0 Å². The van der Waals surface area contributed by atoms with E-state index < -0.39 is 0 Å². The van der Waals surface area contributed by atoms with E-state index >= 15 is 0 Å². The van der Waals surface area contributed by atoms with Gasteiger partial charge in [-0.15, -0.1) is 11.3 Å². The van der Waals surface area contributed by atoms with Gasteiger partial charge in [-0.2, -0.15) is 0 Å². The number of carbonyl (C=O) groups excluding carboxylic acids is 1. The molecule has 1 amide bonds. The first-order valence-electron chi connectivity index (χ1n) is 9.89. The van der Waals surface area contributed by atoms with Gasteiger partial charge in [-0.3, -0.25) is 14.2 Å². The summed E-state index contributed by atoms with van der Waals surface area (Å²) in [5, 5.41) is 4.63. The highest BCUT2D eigenvalue weighted by Gasteiger charge is 2.28. The molecule has 1 saturated carbocycles. The van der Waals surface area contributed by atoms with Crippen LogP contribution in [0.4, 0.5) is 0 Å². The molecule has 0 aromatic carbocycles. The molecule has 2 heterocycles. The van der Waals surface area contributed by atoms with Gasteiger partial charge in [-0.05, 0) is 43.1 Å². The quantitative estimate of drug-likeness (QED) is 0.624. The number of thiophene rings is 1. The van der Waals surface area contributed by atoms with Crippen molar-refractivity contribution in [3.63, 3.8) is 0 Å². The minimum atomic E-state index is 0.0250. The second-order valence-corrected chi connectivity index (χ2v) is 10.1. The number of hydrogen-bond donors (Lipinski definition) is 1. The van der Waals surface area contributed by atoms with Gasteiger partial charge in [0.1, 0.15) is 4.83 Å². The van der Waals surface area contributed by atoms with E-state index in [0.717, 1.165) is 35.9 Å². The Morgan fingerprint density at radius 1 is 1.30 bits per heavy atom. The highest BCUT2D eigenvalue weighted by molar-refractivity contribution is 7.99. The van der Waals surface area contributed by atoms with Gasteiger partial charge in [-0.1, -0.05) is 38.5 Å². The van der Waals surface area contributed by atoms with Crippen LogP contribution in [0.25, 0.3) is 10.2 Å². The number of nitrogens with zero attached hydrogens (tertiary/aromatic N) is 2. The standard InChI is InChI=1S/C20H27N3O2S2/c1-11-6-4-8-14(12(11)2)21-16(24)10-26-20-22-18-17(19(25)23(20)3)13-7-5-9-15(13)27-18/h11-12,14H,4-10H2,1-3H3,(H,21,24)/t11-,12+,14+/m0/s1. The van der Waals surface area contributed by atoms with Crippen LogP contribution in [0.5, 0.6) is 0 Å². The maximum absolute atomic E-state index is 12.8. The number of nitrogens with one attached hydrogen (secondary N) is 1. The topological polar surface area (TPSA) is 64.0 Å². The Labute approximate surface area is 167 Å². The van der Waals surface area contributed by atoms with E-state index in [1.807, 2.05) is 0 Å². The number of carbonyl (C=O) groups is 1. The number of aromatic nitrogens is 2. The third kappa shape index (κ3) is 3.56. The number of aryl methyl sites for hydroxylation is 2. The lowest BCUT2D eigenvalue weighted by Gasteiger charge is -2.34. The lowest BCUT2D eigenvalue weighted by atomic mass is 9.78. The van der Waals surface area contributed by atoms with Crippen LogP contribution in [0, 0.1) is 11.8 Å². The third-order valence-electron chi connectivity index (χ3n) is 6.29. The largest absolute Gasteiger partial charge is 0.352 e. The monoisotopic (exact) mass is 405 g/mol. The molecular formula is C20H27N3O2S2. The Morgan fingerprint density at radius 2 is 2.11 bits per heavy atom. The van der Waals surface area contributed by atoms with Gasteiger partial charge < -0.3 is 5.32 Å². The molecule has 2 aliphatic rings. The van der Waals surface area contributed by atoms with Crippen molar-refractivity contribution >= 4 is 39.2 Å². The zero-order valence-electron chi connectivity index (χ0n) is 16.2. The number of hydrogen-bond acceptors (Lipinski definition) is 5. The molecule has 4 rings (SSSR count). The number of fused-ring (bicyclic) bond motifs is 3. The Kier molecular flexibility index (Phi) is 5.34. The van der Waals surface area contributed by atoms with Gasteiger partial charge in [0.2, 0.25) is 5.91 Å². The summed E-state index contributed by atoms with van der Waals surface area (Å²) in [6.45, 7) is 4.50. The van der Waals surface area contributed by atoms with Gasteiger partial charge in [0.05, 0.1) is 11.1 Å². The van der Waals surface area contributed by atoms with E-state index in [1.54, 1.807) is 23.0 Å². The predicted molar refractivity (Wildman–Crippen MR) is 112 cm³/mol. The van der Waals surface area contributed by atoms with Crippen molar-refractivity contribution < 1.29 is 4.79 Å². The molecule has 7 heteroatoms. The molecule has 0 saturated heterocycles. The van der Waals surface area contributed by atoms with Gasteiger partial charge in [0, 0.05) is 18.0 Å². The van der Waals surface area contributed by atoms with Crippen LogP contribution in [0.15, 0.2) is 9.95 Å². The average Bonchev–Trinajstić information content (AvgIpc) is 3.21. The van der Waals surface area contributed by atoms with Gasteiger partial charge >= 0.3 is 0 Å². The van der Waals surface area contributed by atoms with Crippen molar-refractivity contribution in [2.75, 3.05) is 5.75 Å². The van der Waals surface area contributed by atoms with Crippen LogP contribution in [-0.2, 0) is 24.7 Å². The number of rotatable bonds is 4. The highest BCUT2D eigenvalue weighted by atomic mass is 32.2. The molecule has 1 N–H and O–H groups in total. The van der Waals surface area contributed by atoms with E-state index in [0.29, 0.717) is 22.7 Å². The summed E-state index contributed by atoms with van der Waals surface area (Å²) >= 11 is 3.01. The van der Waals surface area contributed by atoms with Crippen LogP contribution in [-0.4, -0.2) is 27.3 Å². The Bertz CT molecular complexity index is 933. The highest BCUT2D eigenvalue weighted by Crippen LogP contribution is 2.35. The smallest absolute Gasteiger partial charge is 0.262 e. The fraction of sp³-hybridized carbons (Fsp3) is 0.650. The molecule has 5 nitrogen and oxygen atoms in total. The molecule has 0 unspecified atom stereocenters. The molecule has 0 radical (unpaired) electrons. The van der Waals surface area contributed by atoms with Gasteiger partial charge in [0.15, 0.2) is 5.16 Å². The first kappa shape index (κ1) is 19.0. The van der Waals surface area contributed by atoms with Crippen molar-refractivity contribution in [1.82, 2.24) is 14.9 Å². The second kappa shape index (κ2) is 7.59. The van der Waals surface area contributed by atoms with E-state index in [1.165, 1.54) is 35.0 Å². The molecule has 27 heavy (non-hydrogen) atoms.